The van der Waals surface area contributed by atoms with Gasteiger partial charge < -0.3 is 5.73 Å². The Labute approximate surface area is 106 Å². The molecule has 0 saturated carbocycles. The molecule has 0 amide bonds. The molecule has 6 heteroatoms. The number of aromatic nitrogens is 1. The van der Waals surface area contributed by atoms with Crippen molar-refractivity contribution in [2.45, 2.75) is 12.2 Å². The van der Waals surface area contributed by atoms with E-state index < -0.39 is 15.3 Å². The van der Waals surface area contributed by atoms with Gasteiger partial charge in [-0.05, 0) is 19.1 Å². The van der Waals surface area contributed by atoms with Crippen LogP contribution in [-0.2, 0) is 10.0 Å². The molecule has 0 aliphatic carbocycles. The molecule has 1 heterocycles. The molecule has 0 aliphatic rings. The van der Waals surface area contributed by atoms with E-state index in [-0.39, 0.29) is 6.54 Å². The highest BCUT2D eigenvalue weighted by Gasteiger charge is 2.19. The molecule has 0 aliphatic heterocycles. The molecule has 5 nitrogen and oxygen atoms in total. The maximum atomic E-state index is 11.8. The van der Waals surface area contributed by atoms with Gasteiger partial charge in [0.1, 0.15) is 0 Å². The van der Waals surface area contributed by atoms with Crippen LogP contribution in [-0.4, -0.2) is 25.2 Å². The Kier molecular flexibility index (Phi) is 3.49. The summed E-state index contributed by atoms with van der Waals surface area (Å²) < 4.78 is 26.2. The van der Waals surface area contributed by atoms with Crippen molar-refractivity contribution in [2.75, 3.05) is 11.3 Å². The number of sulfonamides is 1. The number of hydrogen-bond donors (Lipinski definition) is 2. The SMILES string of the molecule is CC(CN)S(=O)(=O)Nc1cnc2ccccc2c1. The van der Waals surface area contributed by atoms with Gasteiger partial charge in [0, 0.05) is 11.9 Å². The van der Waals surface area contributed by atoms with Gasteiger partial charge >= 0.3 is 0 Å². The molecule has 2 rings (SSSR count). The minimum atomic E-state index is -3.45. The number of benzene rings is 1. The average molecular weight is 265 g/mol. The number of pyridine rings is 1. The van der Waals surface area contributed by atoms with Gasteiger partial charge in [-0.1, -0.05) is 18.2 Å². The number of nitrogens with one attached hydrogen (secondary N) is 1. The van der Waals surface area contributed by atoms with E-state index in [0.29, 0.717) is 5.69 Å². The zero-order chi connectivity index (χ0) is 13.2. The first kappa shape index (κ1) is 12.8. The lowest BCUT2D eigenvalue weighted by Crippen LogP contribution is -2.31. The Balaban J connectivity index is 2.33. The van der Waals surface area contributed by atoms with Crippen LogP contribution in [0.4, 0.5) is 5.69 Å². The summed E-state index contributed by atoms with van der Waals surface area (Å²) in [6.07, 6.45) is 1.50. The quantitative estimate of drug-likeness (QED) is 0.873. The van der Waals surface area contributed by atoms with Gasteiger partial charge in [0.2, 0.25) is 10.0 Å². The van der Waals surface area contributed by atoms with Crippen LogP contribution < -0.4 is 10.5 Å². The van der Waals surface area contributed by atoms with Crippen molar-refractivity contribution in [3.8, 4) is 0 Å². The topological polar surface area (TPSA) is 85.1 Å². The van der Waals surface area contributed by atoms with Crippen LogP contribution >= 0.6 is 0 Å². The molecular weight excluding hydrogens is 250 g/mol. The molecule has 1 unspecified atom stereocenters. The molecule has 1 aromatic heterocycles. The van der Waals surface area contributed by atoms with E-state index in [1.807, 2.05) is 24.3 Å². The molecule has 0 spiro atoms. The van der Waals surface area contributed by atoms with Crippen molar-refractivity contribution >= 4 is 26.6 Å². The monoisotopic (exact) mass is 265 g/mol. The van der Waals surface area contributed by atoms with Crippen molar-refractivity contribution in [1.82, 2.24) is 4.98 Å². The van der Waals surface area contributed by atoms with Gasteiger partial charge in [0.05, 0.1) is 22.7 Å². The predicted molar refractivity (Wildman–Crippen MR) is 72.8 cm³/mol. The minimum absolute atomic E-state index is 0.0797. The second kappa shape index (κ2) is 4.91. The van der Waals surface area contributed by atoms with Crippen LogP contribution in [0.15, 0.2) is 36.5 Å². The van der Waals surface area contributed by atoms with E-state index in [4.69, 9.17) is 5.73 Å². The fourth-order valence-corrected chi connectivity index (χ4v) is 2.41. The molecule has 3 N–H and O–H groups in total. The summed E-state index contributed by atoms with van der Waals surface area (Å²) in [4.78, 5) is 4.19. The van der Waals surface area contributed by atoms with Gasteiger partial charge in [-0.3, -0.25) is 9.71 Å². The summed E-state index contributed by atoms with van der Waals surface area (Å²) in [5, 5.41) is 0.252. The zero-order valence-corrected chi connectivity index (χ0v) is 10.8. The lowest BCUT2D eigenvalue weighted by atomic mass is 10.2. The predicted octanol–water partition coefficient (Wildman–Crippen LogP) is 1.32. The normalized spacial score (nSPS) is 13.4. The average Bonchev–Trinajstić information content (AvgIpc) is 2.37. The van der Waals surface area contributed by atoms with Crippen LogP contribution in [0, 0.1) is 0 Å². The van der Waals surface area contributed by atoms with Crippen LogP contribution in [0.5, 0.6) is 0 Å². The van der Waals surface area contributed by atoms with Crippen LogP contribution in [0.1, 0.15) is 6.92 Å². The third kappa shape index (κ3) is 2.60. The minimum Gasteiger partial charge on any atom is -0.329 e. The first-order valence-electron chi connectivity index (χ1n) is 5.59. The number of rotatable bonds is 4. The van der Waals surface area contributed by atoms with Gasteiger partial charge in [-0.15, -0.1) is 0 Å². The number of nitrogens with two attached hydrogens (primary N) is 1. The number of nitrogens with zero attached hydrogens (tertiary/aromatic N) is 1. The first-order chi connectivity index (χ1) is 8.53. The highest BCUT2D eigenvalue weighted by atomic mass is 32.2. The van der Waals surface area contributed by atoms with E-state index in [9.17, 15) is 8.42 Å². The van der Waals surface area contributed by atoms with Crippen molar-refractivity contribution in [3.05, 3.63) is 36.5 Å². The fraction of sp³-hybridized carbons (Fsp3) is 0.250. The van der Waals surface area contributed by atoms with Crippen LogP contribution in [0.3, 0.4) is 0 Å². The Morgan fingerprint density at radius 3 is 2.83 bits per heavy atom. The molecule has 0 saturated heterocycles. The highest BCUT2D eigenvalue weighted by molar-refractivity contribution is 7.93. The zero-order valence-electron chi connectivity index (χ0n) is 10.00. The number of anilines is 1. The first-order valence-corrected chi connectivity index (χ1v) is 7.14. The van der Waals surface area contributed by atoms with Crippen molar-refractivity contribution < 1.29 is 8.42 Å². The Morgan fingerprint density at radius 1 is 1.39 bits per heavy atom. The molecule has 2 aromatic rings. The van der Waals surface area contributed by atoms with Crippen molar-refractivity contribution in [1.29, 1.82) is 0 Å². The third-order valence-corrected chi connectivity index (χ3v) is 4.48. The van der Waals surface area contributed by atoms with Gasteiger partial charge in [-0.2, -0.15) is 0 Å². The Bertz CT molecular complexity index is 655. The molecule has 1 atom stereocenters. The maximum Gasteiger partial charge on any atom is 0.236 e. The summed E-state index contributed by atoms with van der Waals surface area (Å²) in [5.74, 6) is 0. The van der Waals surface area contributed by atoms with E-state index in [1.54, 1.807) is 13.0 Å². The van der Waals surface area contributed by atoms with E-state index in [0.717, 1.165) is 10.9 Å². The molecule has 0 bridgehead atoms. The maximum absolute atomic E-state index is 11.8. The number of para-hydroxylation sites is 1. The number of hydrogen-bond acceptors (Lipinski definition) is 4. The standard InChI is InChI=1S/C12H15N3O2S/c1-9(7-13)18(16,17)15-11-6-10-4-2-3-5-12(10)14-8-11/h2-6,8-9,15H,7,13H2,1H3. The Hall–Kier alpha value is -1.66. The number of fused-ring (bicyclic) bond motifs is 1. The molecule has 0 radical (unpaired) electrons. The molecule has 1 aromatic carbocycles. The molecule has 96 valence electrons. The van der Waals surface area contributed by atoms with Crippen LogP contribution in [0.2, 0.25) is 0 Å². The summed E-state index contributed by atoms with van der Waals surface area (Å²) >= 11 is 0. The second-order valence-electron chi connectivity index (χ2n) is 4.11. The smallest absolute Gasteiger partial charge is 0.236 e. The Morgan fingerprint density at radius 2 is 2.11 bits per heavy atom. The van der Waals surface area contributed by atoms with Crippen molar-refractivity contribution in [2.24, 2.45) is 5.73 Å². The summed E-state index contributed by atoms with van der Waals surface area (Å²) in [6, 6.07) is 9.27. The van der Waals surface area contributed by atoms with Gasteiger partial charge in [0.25, 0.3) is 0 Å². The van der Waals surface area contributed by atoms with E-state index in [1.165, 1.54) is 6.20 Å². The highest BCUT2D eigenvalue weighted by Crippen LogP contribution is 2.17. The van der Waals surface area contributed by atoms with Crippen LogP contribution in [0.25, 0.3) is 10.9 Å². The lowest BCUT2D eigenvalue weighted by molar-refractivity contribution is 0.589. The van der Waals surface area contributed by atoms with Gasteiger partial charge in [-0.25, -0.2) is 8.42 Å². The summed E-state index contributed by atoms with van der Waals surface area (Å²) in [5.41, 5.74) is 6.65. The third-order valence-electron chi connectivity index (χ3n) is 2.71. The second-order valence-corrected chi connectivity index (χ2v) is 6.21. The van der Waals surface area contributed by atoms with E-state index >= 15 is 0 Å². The summed E-state index contributed by atoms with van der Waals surface area (Å²) in [6.45, 7) is 1.65. The fourth-order valence-electron chi connectivity index (χ4n) is 1.52. The lowest BCUT2D eigenvalue weighted by Gasteiger charge is -2.12. The summed E-state index contributed by atoms with van der Waals surface area (Å²) in [7, 11) is -3.45. The molecule has 18 heavy (non-hydrogen) atoms. The molecule has 0 fully saturated rings. The van der Waals surface area contributed by atoms with E-state index in [2.05, 4.69) is 9.71 Å². The molecular formula is C12H15N3O2S. The van der Waals surface area contributed by atoms with Crippen molar-refractivity contribution in [3.63, 3.8) is 0 Å². The largest absolute Gasteiger partial charge is 0.329 e. The van der Waals surface area contributed by atoms with Gasteiger partial charge in [0.15, 0.2) is 0 Å².